The minimum atomic E-state index is -0.754. The highest BCUT2D eigenvalue weighted by Crippen LogP contribution is 2.06. The molecule has 0 spiro atoms. The summed E-state index contributed by atoms with van der Waals surface area (Å²) < 4.78 is 4.94. The van der Waals surface area contributed by atoms with Gasteiger partial charge in [0.2, 0.25) is 0 Å². The Kier molecular flexibility index (Phi) is 6.29. The van der Waals surface area contributed by atoms with Gasteiger partial charge in [0.1, 0.15) is 0 Å². The van der Waals surface area contributed by atoms with Crippen molar-refractivity contribution in [1.82, 2.24) is 5.32 Å². The molecule has 0 amide bonds. The summed E-state index contributed by atoms with van der Waals surface area (Å²) in [6.07, 6.45) is 0.776. The van der Waals surface area contributed by atoms with E-state index >= 15 is 0 Å². The molecule has 17 heavy (non-hydrogen) atoms. The SMILES string of the molecule is COCCNCc1ccc(CCC(=O)O)cc1. The van der Waals surface area contributed by atoms with Gasteiger partial charge >= 0.3 is 5.97 Å². The summed E-state index contributed by atoms with van der Waals surface area (Å²) >= 11 is 0. The van der Waals surface area contributed by atoms with Crippen LogP contribution in [0, 0.1) is 0 Å². The molecule has 4 nitrogen and oxygen atoms in total. The second-order valence-electron chi connectivity index (χ2n) is 3.88. The van der Waals surface area contributed by atoms with Crippen LogP contribution in [0.1, 0.15) is 17.5 Å². The number of aliphatic carboxylic acids is 1. The van der Waals surface area contributed by atoms with E-state index in [1.54, 1.807) is 7.11 Å². The number of methoxy groups -OCH3 is 1. The van der Waals surface area contributed by atoms with Crippen LogP contribution >= 0.6 is 0 Å². The summed E-state index contributed by atoms with van der Waals surface area (Å²) in [6.45, 7) is 2.34. The lowest BCUT2D eigenvalue weighted by Gasteiger charge is -2.05. The first-order valence-corrected chi connectivity index (χ1v) is 5.71. The number of aryl methyl sites for hydroxylation is 1. The summed E-state index contributed by atoms with van der Waals surface area (Å²) in [5.74, 6) is -0.754. The van der Waals surface area contributed by atoms with Crippen LogP contribution in [-0.4, -0.2) is 31.3 Å². The van der Waals surface area contributed by atoms with Gasteiger partial charge in [-0.15, -0.1) is 0 Å². The molecule has 0 saturated heterocycles. The average Bonchev–Trinajstić information content (AvgIpc) is 2.33. The summed E-state index contributed by atoms with van der Waals surface area (Å²) in [5.41, 5.74) is 2.26. The fourth-order valence-electron chi connectivity index (χ4n) is 1.48. The summed E-state index contributed by atoms with van der Waals surface area (Å²) in [5, 5.41) is 11.8. The molecule has 0 aliphatic rings. The molecule has 0 bridgehead atoms. The van der Waals surface area contributed by atoms with E-state index in [4.69, 9.17) is 9.84 Å². The van der Waals surface area contributed by atoms with E-state index in [2.05, 4.69) is 5.32 Å². The largest absolute Gasteiger partial charge is 0.481 e. The van der Waals surface area contributed by atoms with E-state index in [0.29, 0.717) is 13.0 Å². The Balaban J connectivity index is 2.31. The molecule has 0 heterocycles. The van der Waals surface area contributed by atoms with Gasteiger partial charge in [0.15, 0.2) is 0 Å². The first-order valence-electron chi connectivity index (χ1n) is 5.71. The Morgan fingerprint density at radius 2 is 1.94 bits per heavy atom. The number of carbonyl (C=O) groups is 1. The molecule has 1 aromatic rings. The molecule has 0 unspecified atom stereocenters. The topological polar surface area (TPSA) is 58.6 Å². The standard InChI is InChI=1S/C13H19NO3/c1-17-9-8-14-10-12-4-2-11(3-5-12)6-7-13(15)16/h2-5,14H,6-10H2,1H3,(H,15,16). The minimum Gasteiger partial charge on any atom is -0.481 e. The van der Waals surface area contributed by atoms with Gasteiger partial charge in [-0.1, -0.05) is 24.3 Å². The van der Waals surface area contributed by atoms with Crippen molar-refractivity contribution in [3.8, 4) is 0 Å². The van der Waals surface area contributed by atoms with Crippen LogP contribution in [0.15, 0.2) is 24.3 Å². The smallest absolute Gasteiger partial charge is 0.303 e. The van der Waals surface area contributed by atoms with Gasteiger partial charge < -0.3 is 15.2 Å². The minimum absolute atomic E-state index is 0.186. The lowest BCUT2D eigenvalue weighted by Crippen LogP contribution is -2.18. The first kappa shape index (κ1) is 13.7. The summed E-state index contributed by atoms with van der Waals surface area (Å²) in [4.78, 5) is 10.4. The zero-order valence-corrected chi connectivity index (χ0v) is 10.1. The molecular weight excluding hydrogens is 218 g/mol. The molecular formula is C13H19NO3. The van der Waals surface area contributed by atoms with Crippen molar-refractivity contribution < 1.29 is 14.6 Å². The van der Waals surface area contributed by atoms with Gasteiger partial charge in [0.05, 0.1) is 6.61 Å². The van der Waals surface area contributed by atoms with Crippen molar-refractivity contribution in [2.45, 2.75) is 19.4 Å². The lowest BCUT2D eigenvalue weighted by atomic mass is 10.1. The highest BCUT2D eigenvalue weighted by molar-refractivity contribution is 5.67. The molecule has 0 saturated carbocycles. The fraction of sp³-hybridized carbons (Fsp3) is 0.462. The number of carboxylic acids is 1. The van der Waals surface area contributed by atoms with E-state index in [1.165, 1.54) is 5.56 Å². The number of nitrogens with one attached hydrogen (secondary N) is 1. The Morgan fingerprint density at radius 3 is 2.53 bits per heavy atom. The van der Waals surface area contributed by atoms with Gasteiger partial charge in [-0.3, -0.25) is 4.79 Å². The number of carboxylic acid groups (broad SMARTS) is 1. The van der Waals surface area contributed by atoms with E-state index in [0.717, 1.165) is 18.7 Å². The number of rotatable bonds is 8. The molecule has 0 aliphatic carbocycles. The molecule has 0 atom stereocenters. The Hall–Kier alpha value is -1.39. The predicted molar refractivity (Wildman–Crippen MR) is 66.0 cm³/mol. The summed E-state index contributed by atoms with van der Waals surface area (Å²) in [7, 11) is 1.68. The molecule has 0 radical (unpaired) electrons. The maximum Gasteiger partial charge on any atom is 0.303 e. The van der Waals surface area contributed by atoms with Crippen LogP contribution < -0.4 is 5.32 Å². The molecule has 1 rings (SSSR count). The summed E-state index contributed by atoms with van der Waals surface area (Å²) in [6, 6.07) is 8.01. The van der Waals surface area contributed by atoms with Crippen molar-refractivity contribution in [2.75, 3.05) is 20.3 Å². The molecule has 2 N–H and O–H groups in total. The van der Waals surface area contributed by atoms with Gasteiger partial charge in [0, 0.05) is 26.6 Å². The van der Waals surface area contributed by atoms with E-state index in [-0.39, 0.29) is 6.42 Å². The van der Waals surface area contributed by atoms with Crippen LogP contribution in [0.2, 0.25) is 0 Å². The van der Waals surface area contributed by atoms with Crippen molar-refractivity contribution in [3.63, 3.8) is 0 Å². The number of ether oxygens (including phenoxy) is 1. The van der Waals surface area contributed by atoms with Crippen molar-refractivity contribution in [2.24, 2.45) is 0 Å². The monoisotopic (exact) mass is 237 g/mol. The van der Waals surface area contributed by atoms with E-state index in [1.807, 2.05) is 24.3 Å². The highest BCUT2D eigenvalue weighted by atomic mass is 16.5. The molecule has 0 aliphatic heterocycles. The number of benzene rings is 1. The van der Waals surface area contributed by atoms with Gasteiger partial charge in [-0.05, 0) is 17.5 Å². The van der Waals surface area contributed by atoms with Crippen LogP contribution in [-0.2, 0) is 22.5 Å². The van der Waals surface area contributed by atoms with Gasteiger partial charge in [-0.25, -0.2) is 0 Å². The van der Waals surface area contributed by atoms with Crippen LogP contribution in [0.4, 0.5) is 0 Å². The second kappa shape index (κ2) is 7.81. The first-order chi connectivity index (χ1) is 8.22. The Bertz CT molecular complexity index is 335. The maximum absolute atomic E-state index is 10.4. The predicted octanol–water partition coefficient (Wildman–Crippen LogP) is 1.44. The number of hydrogen-bond acceptors (Lipinski definition) is 3. The molecule has 4 heteroatoms. The third-order valence-electron chi connectivity index (χ3n) is 2.46. The quantitative estimate of drug-likeness (QED) is 0.672. The van der Waals surface area contributed by atoms with Crippen LogP contribution in [0.3, 0.4) is 0 Å². The van der Waals surface area contributed by atoms with Crippen molar-refractivity contribution in [1.29, 1.82) is 0 Å². The third kappa shape index (κ3) is 6.04. The van der Waals surface area contributed by atoms with E-state index < -0.39 is 5.97 Å². The average molecular weight is 237 g/mol. The van der Waals surface area contributed by atoms with Crippen LogP contribution in [0.25, 0.3) is 0 Å². The van der Waals surface area contributed by atoms with E-state index in [9.17, 15) is 4.79 Å². The molecule has 0 aromatic heterocycles. The second-order valence-corrected chi connectivity index (χ2v) is 3.88. The van der Waals surface area contributed by atoms with Gasteiger partial charge in [0.25, 0.3) is 0 Å². The van der Waals surface area contributed by atoms with Crippen LogP contribution in [0.5, 0.6) is 0 Å². The maximum atomic E-state index is 10.4. The van der Waals surface area contributed by atoms with Crippen molar-refractivity contribution in [3.05, 3.63) is 35.4 Å². The zero-order chi connectivity index (χ0) is 12.5. The number of hydrogen-bond donors (Lipinski definition) is 2. The molecule has 0 fully saturated rings. The molecule has 1 aromatic carbocycles. The zero-order valence-electron chi connectivity index (χ0n) is 10.1. The fourth-order valence-corrected chi connectivity index (χ4v) is 1.48. The highest BCUT2D eigenvalue weighted by Gasteiger charge is 1.99. The third-order valence-corrected chi connectivity index (χ3v) is 2.46. The molecule has 94 valence electrons. The Morgan fingerprint density at radius 1 is 1.29 bits per heavy atom. The lowest BCUT2D eigenvalue weighted by molar-refractivity contribution is -0.136. The Labute approximate surface area is 102 Å². The normalized spacial score (nSPS) is 10.4. The van der Waals surface area contributed by atoms with Crippen molar-refractivity contribution >= 4 is 5.97 Å². The van der Waals surface area contributed by atoms with Gasteiger partial charge in [-0.2, -0.15) is 0 Å².